The molecule has 1 rings (SSSR count). The molecule has 0 radical (unpaired) electrons. The Morgan fingerprint density at radius 2 is 2.00 bits per heavy atom. The van der Waals surface area contributed by atoms with Crippen molar-refractivity contribution in [2.75, 3.05) is 20.2 Å². The van der Waals surface area contributed by atoms with Crippen LogP contribution < -0.4 is 5.73 Å². The van der Waals surface area contributed by atoms with E-state index < -0.39 is 5.60 Å². The number of amides is 1. The van der Waals surface area contributed by atoms with Crippen LogP contribution in [0.15, 0.2) is 0 Å². The van der Waals surface area contributed by atoms with E-state index in [0.29, 0.717) is 13.1 Å². The second-order valence-corrected chi connectivity index (χ2v) is 5.24. The van der Waals surface area contributed by atoms with Gasteiger partial charge in [0.1, 0.15) is 5.60 Å². The van der Waals surface area contributed by atoms with Gasteiger partial charge in [-0.25, -0.2) is 4.79 Å². The number of nitrogens with zero attached hydrogens (tertiary/aromatic N) is 1. The molecule has 0 aromatic carbocycles. The Morgan fingerprint density at radius 3 is 2.50 bits per heavy atom. The van der Waals surface area contributed by atoms with Crippen molar-refractivity contribution in [3.05, 3.63) is 0 Å². The molecule has 0 bridgehead atoms. The monoisotopic (exact) mass is 230 g/mol. The molecule has 0 unspecified atom stereocenters. The van der Waals surface area contributed by atoms with Crippen molar-refractivity contribution in [1.29, 1.82) is 0 Å². The maximum absolute atomic E-state index is 11.8. The number of methoxy groups -OCH3 is 1. The van der Waals surface area contributed by atoms with E-state index in [1.807, 2.05) is 20.8 Å². The molecule has 0 aromatic heterocycles. The Morgan fingerprint density at radius 1 is 1.38 bits per heavy atom. The molecule has 2 N–H and O–H groups in total. The molecule has 1 amide bonds. The molecule has 5 nitrogen and oxygen atoms in total. The Labute approximate surface area is 96.9 Å². The predicted octanol–water partition coefficient (Wildman–Crippen LogP) is 0.969. The highest BCUT2D eigenvalue weighted by Gasteiger charge is 2.30. The lowest BCUT2D eigenvalue weighted by atomic mass is 10.0. The SMILES string of the molecule is CO[C@H]1C[C@H](N)CN(C(=O)OC(C)(C)C)C1. The molecule has 0 spiro atoms. The Hall–Kier alpha value is -0.810. The van der Waals surface area contributed by atoms with E-state index in [4.69, 9.17) is 15.2 Å². The Kier molecular flexibility index (Phi) is 4.15. The van der Waals surface area contributed by atoms with Gasteiger partial charge in [0.15, 0.2) is 0 Å². The zero-order valence-corrected chi connectivity index (χ0v) is 10.5. The fraction of sp³-hybridized carbons (Fsp3) is 0.909. The van der Waals surface area contributed by atoms with E-state index in [1.54, 1.807) is 12.0 Å². The number of hydrogen-bond acceptors (Lipinski definition) is 4. The van der Waals surface area contributed by atoms with Gasteiger partial charge in [0.25, 0.3) is 0 Å². The van der Waals surface area contributed by atoms with Gasteiger partial charge < -0.3 is 20.1 Å². The molecule has 1 fully saturated rings. The van der Waals surface area contributed by atoms with E-state index in [1.165, 1.54) is 0 Å². The lowest BCUT2D eigenvalue weighted by Gasteiger charge is -2.36. The van der Waals surface area contributed by atoms with Crippen LogP contribution in [-0.2, 0) is 9.47 Å². The molecular weight excluding hydrogens is 208 g/mol. The van der Waals surface area contributed by atoms with E-state index in [2.05, 4.69) is 0 Å². The molecule has 0 aromatic rings. The number of ether oxygens (including phenoxy) is 2. The molecule has 2 atom stereocenters. The number of piperidine rings is 1. The summed E-state index contributed by atoms with van der Waals surface area (Å²) in [5.74, 6) is 0. The standard InChI is InChI=1S/C11H22N2O3/c1-11(2,3)16-10(14)13-6-8(12)5-9(7-13)15-4/h8-9H,5-7,12H2,1-4H3/t8-,9-/m0/s1. The second-order valence-electron chi connectivity index (χ2n) is 5.24. The number of likely N-dealkylation sites (tertiary alicyclic amines) is 1. The van der Waals surface area contributed by atoms with E-state index in [-0.39, 0.29) is 18.2 Å². The summed E-state index contributed by atoms with van der Waals surface area (Å²) in [6.45, 7) is 6.64. The zero-order valence-electron chi connectivity index (χ0n) is 10.5. The summed E-state index contributed by atoms with van der Waals surface area (Å²) in [7, 11) is 1.63. The molecule has 1 saturated heterocycles. The minimum Gasteiger partial charge on any atom is -0.444 e. The Balaban J connectivity index is 2.55. The van der Waals surface area contributed by atoms with E-state index in [9.17, 15) is 4.79 Å². The van der Waals surface area contributed by atoms with Crippen LogP contribution in [0.2, 0.25) is 0 Å². The fourth-order valence-corrected chi connectivity index (χ4v) is 1.74. The minimum absolute atomic E-state index is 0.0104. The summed E-state index contributed by atoms with van der Waals surface area (Å²) in [4.78, 5) is 13.4. The minimum atomic E-state index is -0.471. The topological polar surface area (TPSA) is 64.8 Å². The van der Waals surface area contributed by atoms with Crippen LogP contribution in [0.1, 0.15) is 27.2 Å². The quantitative estimate of drug-likeness (QED) is 0.729. The van der Waals surface area contributed by atoms with E-state index >= 15 is 0 Å². The zero-order chi connectivity index (χ0) is 12.3. The molecule has 5 heteroatoms. The first kappa shape index (κ1) is 13.3. The summed E-state index contributed by atoms with van der Waals surface area (Å²) < 4.78 is 10.5. The van der Waals surface area contributed by atoms with Crippen LogP contribution in [0.3, 0.4) is 0 Å². The fourth-order valence-electron chi connectivity index (χ4n) is 1.74. The van der Waals surface area contributed by atoms with Gasteiger partial charge in [-0.3, -0.25) is 0 Å². The first-order valence-electron chi connectivity index (χ1n) is 5.58. The van der Waals surface area contributed by atoms with Crippen molar-refractivity contribution in [3.63, 3.8) is 0 Å². The first-order valence-corrected chi connectivity index (χ1v) is 5.58. The number of hydrogen-bond donors (Lipinski definition) is 1. The Bertz CT molecular complexity index is 250. The first-order chi connectivity index (χ1) is 7.31. The van der Waals surface area contributed by atoms with Crippen LogP contribution in [0, 0.1) is 0 Å². The largest absolute Gasteiger partial charge is 0.444 e. The summed E-state index contributed by atoms with van der Waals surface area (Å²) in [6, 6.07) is -0.0359. The molecule has 0 aliphatic carbocycles. The molecule has 1 heterocycles. The molecule has 0 saturated carbocycles. The summed E-state index contributed by atoms with van der Waals surface area (Å²) >= 11 is 0. The normalized spacial score (nSPS) is 26.7. The van der Waals surface area contributed by atoms with E-state index in [0.717, 1.165) is 6.42 Å². The molecular formula is C11H22N2O3. The lowest BCUT2D eigenvalue weighted by Crippen LogP contribution is -2.53. The van der Waals surface area contributed by atoms with Crippen molar-refractivity contribution in [1.82, 2.24) is 4.90 Å². The number of rotatable bonds is 1. The van der Waals surface area contributed by atoms with Crippen LogP contribution >= 0.6 is 0 Å². The van der Waals surface area contributed by atoms with Gasteiger partial charge in [-0.1, -0.05) is 0 Å². The highest BCUT2D eigenvalue weighted by Crippen LogP contribution is 2.16. The van der Waals surface area contributed by atoms with Crippen molar-refractivity contribution in [3.8, 4) is 0 Å². The molecule has 1 aliphatic heterocycles. The van der Waals surface area contributed by atoms with Gasteiger partial charge in [-0.2, -0.15) is 0 Å². The maximum Gasteiger partial charge on any atom is 0.410 e. The molecule has 1 aliphatic rings. The van der Waals surface area contributed by atoms with Crippen LogP contribution in [0.5, 0.6) is 0 Å². The van der Waals surface area contributed by atoms with Gasteiger partial charge >= 0.3 is 6.09 Å². The smallest absolute Gasteiger partial charge is 0.410 e. The summed E-state index contributed by atoms with van der Waals surface area (Å²) in [6.07, 6.45) is 0.483. The number of carbonyl (C=O) groups excluding carboxylic acids is 1. The van der Waals surface area contributed by atoms with Gasteiger partial charge in [-0.05, 0) is 27.2 Å². The third-order valence-corrected chi connectivity index (χ3v) is 2.43. The van der Waals surface area contributed by atoms with Crippen LogP contribution in [0.4, 0.5) is 4.79 Å². The van der Waals surface area contributed by atoms with Crippen LogP contribution in [-0.4, -0.2) is 48.9 Å². The highest BCUT2D eigenvalue weighted by atomic mass is 16.6. The number of carbonyl (C=O) groups is 1. The summed E-state index contributed by atoms with van der Waals surface area (Å²) in [5.41, 5.74) is 5.39. The lowest BCUT2D eigenvalue weighted by molar-refractivity contribution is -0.0103. The van der Waals surface area contributed by atoms with Crippen molar-refractivity contribution < 1.29 is 14.3 Å². The van der Waals surface area contributed by atoms with Crippen molar-refractivity contribution in [2.24, 2.45) is 5.73 Å². The molecule has 16 heavy (non-hydrogen) atoms. The maximum atomic E-state index is 11.8. The summed E-state index contributed by atoms with van der Waals surface area (Å²) in [5, 5.41) is 0. The average molecular weight is 230 g/mol. The predicted molar refractivity (Wildman–Crippen MR) is 61.2 cm³/mol. The average Bonchev–Trinajstić information content (AvgIpc) is 2.14. The highest BCUT2D eigenvalue weighted by molar-refractivity contribution is 5.68. The van der Waals surface area contributed by atoms with Gasteiger partial charge in [0.2, 0.25) is 0 Å². The number of nitrogens with two attached hydrogens (primary N) is 1. The van der Waals surface area contributed by atoms with Crippen molar-refractivity contribution >= 4 is 6.09 Å². The second kappa shape index (κ2) is 5.01. The third-order valence-electron chi connectivity index (χ3n) is 2.43. The third kappa shape index (κ3) is 3.98. The van der Waals surface area contributed by atoms with Crippen molar-refractivity contribution in [2.45, 2.75) is 44.9 Å². The van der Waals surface area contributed by atoms with Gasteiger partial charge in [-0.15, -0.1) is 0 Å². The van der Waals surface area contributed by atoms with Gasteiger partial charge in [0.05, 0.1) is 12.6 Å². The molecule has 94 valence electrons. The van der Waals surface area contributed by atoms with Gasteiger partial charge in [0, 0.05) is 19.7 Å². The van der Waals surface area contributed by atoms with Crippen LogP contribution in [0.25, 0.3) is 0 Å².